The van der Waals surface area contributed by atoms with Crippen LogP contribution in [0.25, 0.3) is 0 Å². The molecule has 1 heterocycles. The summed E-state index contributed by atoms with van der Waals surface area (Å²) in [4.78, 5) is 47.4. The number of carbonyl (C=O) groups excluding carboxylic acids is 3. The smallest absolute Gasteiger partial charge is 0.338 e. The molecule has 9 aromatic rings. The minimum Gasteiger partial charge on any atom is -0.489 e. The second-order valence-corrected chi connectivity index (χ2v) is 19.6. The van der Waals surface area contributed by atoms with Gasteiger partial charge >= 0.3 is 5.97 Å². The highest BCUT2D eigenvalue weighted by Gasteiger charge is 2.34. The van der Waals surface area contributed by atoms with Crippen LogP contribution in [0.4, 0.5) is 0 Å². The number of ketones is 1. The van der Waals surface area contributed by atoms with E-state index in [-0.39, 0.29) is 72.0 Å². The number of amides is 1. The van der Waals surface area contributed by atoms with Gasteiger partial charge in [0.1, 0.15) is 79.0 Å². The van der Waals surface area contributed by atoms with Crippen molar-refractivity contribution in [3.05, 3.63) is 292 Å². The third kappa shape index (κ3) is 14.8. The molecular weight excluding hydrogens is 1000 g/mol. The molecule has 1 aliphatic heterocycles. The van der Waals surface area contributed by atoms with Crippen LogP contribution in [0.1, 0.15) is 82.9 Å². The summed E-state index contributed by atoms with van der Waals surface area (Å²) in [5.74, 6) is -0.148. The number of likely N-dealkylation sites (tertiary alicyclic amines) is 1. The van der Waals surface area contributed by atoms with Gasteiger partial charge in [0.05, 0.1) is 11.6 Å². The van der Waals surface area contributed by atoms with Gasteiger partial charge in [0.2, 0.25) is 5.78 Å². The van der Waals surface area contributed by atoms with Gasteiger partial charge in [0, 0.05) is 18.7 Å². The number of benzene rings is 9. The Balaban J connectivity index is 0.999. The van der Waals surface area contributed by atoms with Gasteiger partial charge in [-0.3, -0.25) is 14.5 Å². The first-order valence-electron chi connectivity index (χ1n) is 27.0. The number of carbonyl (C=O) groups is 3. The minimum absolute atomic E-state index is 0.0510. The maximum absolute atomic E-state index is 15.9. The van der Waals surface area contributed by atoms with Crippen molar-refractivity contribution >= 4 is 17.7 Å². The number of nitrogens with zero attached hydrogens (tertiary/aromatic N) is 1. The Kier molecular flexibility index (Phi) is 18.4. The minimum atomic E-state index is -0.748. The Bertz CT molecular complexity index is 3300. The van der Waals surface area contributed by atoms with E-state index >= 15 is 9.59 Å². The number of hydrogen-bond donors (Lipinski definition) is 1. The molecule has 0 radical (unpaired) electrons. The van der Waals surface area contributed by atoms with Crippen molar-refractivity contribution in [1.82, 2.24) is 10.2 Å². The zero-order chi connectivity index (χ0) is 54.7. The molecule has 11 nitrogen and oxygen atoms in total. The summed E-state index contributed by atoms with van der Waals surface area (Å²) in [6, 6.07) is 73.4. The van der Waals surface area contributed by atoms with E-state index < -0.39 is 23.9 Å². The summed E-state index contributed by atoms with van der Waals surface area (Å²) in [6.45, 7) is 2.59. The third-order valence-corrected chi connectivity index (χ3v) is 13.7. The number of nitrogens with one attached hydrogen (secondary N) is 1. The maximum Gasteiger partial charge on any atom is 0.338 e. The summed E-state index contributed by atoms with van der Waals surface area (Å²) in [7, 11) is 0. The standard InChI is InChI=1S/C69H62N2O9/c72-67(65-61(76-46-52-25-11-3-12-26-52)33-19-34-62(65)77-47-53-27-13-4-14-28-53)66-63(78-48-54-29-15-5-16-30-54)41-57(42-64(66)79-49-55-31-17-6-18-32-55)69(74)80-60-35-20-40-71(43-50-21-7-1-8-22-50)44-59(60)70-68(73)56-36-38-58(39-37-56)75-45-51-23-9-2-10-24-51/h1-19,21-34,36-39,41-42,59-60H,20,35,40,43-49H2,(H,70,73)/t59-,60-/m1/s1. The molecule has 0 aliphatic carbocycles. The Morgan fingerprint density at radius 3 is 1.27 bits per heavy atom. The molecule has 1 saturated heterocycles. The van der Waals surface area contributed by atoms with Crippen LogP contribution in [0.2, 0.25) is 0 Å². The lowest BCUT2D eigenvalue weighted by Gasteiger charge is -2.29. The second-order valence-electron chi connectivity index (χ2n) is 19.6. The third-order valence-electron chi connectivity index (χ3n) is 13.7. The Morgan fingerprint density at radius 2 is 0.825 bits per heavy atom. The second kappa shape index (κ2) is 27.2. The summed E-state index contributed by atoms with van der Waals surface area (Å²) in [5, 5.41) is 3.25. The molecular formula is C69H62N2O9. The molecule has 1 amide bonds. The fourth-order valence-electron chi connectivity index (χ4n) is 9.57. The largest absolute Gasteiger partial charge is 0.489 e. The molecule has 11 heteroatoms. The van der Waals surface area contributed by atoms with Gasteiger partial charge in [-0.25, -0.2) is 4.79 Å². The van der Waals surface area contributed by atoms with Crippen molar-refractivity contribution in [2.75, 3.05) is 13.1 Å². The predicted octanol–water partition coefficient (Wildman–Crippen LogP) is 13.4. The fourth-order valence-corrected chi connectivity index (χ4v) is 9.57. The Hall–Kier alpha value is -9.45. The van der Waals surface area contributed by atoms with Crippen LogP contribution in [0.15, 0.2) is 237 Å². The monoisotopic (exact) mass is 1060 g/mol. The topological polar surface area (TPSA) is 122 Å². The van der Waals surface area contributed by atoms with Crippen molar-refractivity contribution in [2.45, 2.75) is 64.6 Å². The van der Waals surface area contributed by atoms with Gasteiger partial charge in [0.15, 0.2) is 0 Å². The molecule has 2 atom stereocenters. The van der Waals surface area contributed by atoms with E-state index in [1.807, 2.05) is 170 Å². The number of hydrogen-bond acceptors (Lipinski definition) is 10. The summed E-state index contributed by atoms with van der Waals surface area (Å²) in [5.41, 5.74) is 6.35. The highest BCUT2D eigenvalue weighted by atomic mass is 16.5. The molecule has 1 aliphatic rings. The van der Waals surface area contributed by atoms with E-state index in [9.17, 15) is 4.79 Å². The molecule has 0 bridgehead atoms. The first-order valence-corrected chi connectivity index (χ1v) is 27.0. The fraction of sp³-hybridized carbons (Fsp3) is 0.174. The molecule has 9 aromatic carbocycles. The zero-order valence-corrected chi connectivity index (χ0v) is 44.4. The van der Waals surface area contributed by atoms with E-state index in [1.54, 1.807) is 54.6 Å². The lowest BCUT2D eigenvalue weighted by molar-refractivity contribution is 0.0174. The van der Waals surface area contributed by atoms with Crippen LogP contribution >= 0.6 is 0 Å². The maximum atomic E-state index is 15.9. The Morgan fingerprint density at radius 1 is 0.425 bits per heavy atom. The van der Waals surface area contributed by atoms with Crippen molar-refractivity contribution in [2.24, 2.45) is 0 Å². The average Bonchev–Trinajstić information content (AvgIpc) is 3.72. The first-order chi connectivity index (χ1) is 39.4. The van der Waals surface area contributed by atoms with Crippen molar-refractivity contribution < 1.29 is 42.8 Å². The summed E-state index contributed by atoms with van der Waals surface area (Å²) in [6.07, 6.45) is 0.405. The van der Waals surface area contributed by atoms with Crippen LogP contribution in [0.5, 0.6) is 28.7 Å². The highest BCUT2D eigenvalue weighted by molar-refractivity contribution is 6.16. The molecule has 0 unspecified atom stereocenters. The van der Waals surface area contributed by atoms with Crippen LogP contribution in [0, 0.1) is 0 Å². The molecule has 0 aromatic heterocycles. The normalized spacial score (nSPS) is 14.2. The van der Waals surface area contributed by atoms with Crippen molar-refractivity contribution in [1.29, 1.82) is 0 Å². The van der Waals surface area contributed by atoms with Gasteiger partial charge in [-0.1, -0.05) is 188 Å². The Labute approximate surface area is 467 Å². The molecule has 0 spiro atoms. The van der Waals surface area contributed by atoms with Crippen LogP contribution in [0.3, 0.4) is 0 Å². The first kappa shape index (κ1) is 53.9. The van der Waals surface area contributed by atoms with E-state index in [2.05, 4.69) is 22.3 Å². The lowest BCUT2D eigenvalue weighted by Crippen LogP contribution is -2.50. The number of ether oxygens (including phenoxy) is 6. The van der Waals surface area contributed by atoms with Crippen molar-refractivity contribution in [3.63, 3.8) is 0 Å². The molecule has 1 fully saturated rings. The van der Waals surface area contributed by atoms with Crippen molar-refractivity contribution in [3.8, 4) is 28.7 Å². The molecule has 10 rings (SSSR count). The van der Waals surface area contributed by atoms with E-state index in [4.69, 9.17) is 28.4 Å². The number of rotatable bonds is 23. The van der Waals surface area contributed by atoms with Gasteiger partial charge in [-0.15, -0.1) is 0 Å². The van der Waals surface area contributed by atoms with Gasteiger partial charge in [-0.2, -0.15) is 0 Å². The molecule has 0 saturated carbocycles. The van der Waals surface area contributed by atoms with E-state index in [0.29, 0.717) is 50.4 Å². The quantitative estimate of drug-likeness (QED) is 0.0489. The van der Waals surface area contributed by atoms with E-state index in [1.165, 1.54) is 0 Å². The van der Waals surface area contributed by atoms with Gasteiger partial charge < -0.3 is 33.7 Å². The van der Waals surface area contributed by atoms with Crippen LogP contribution in [-0.2, 0) is 44.3 Å². The predicted molar refractivity (Wildman–Crippen MR) is 308 cm³/mol. The van der Waals surface area contributed by atoms with Crippen LogP contribution < -0.4 is 29.0 Å². The van der Waals surface area contributed by atoms with E-state index in [0.717, 1.165) is 33.4 Å². The SMILES string of the molecule is O=C(N[C@@H]1CN(Cc2ccccc2)CCC[C@H]1OC(=O)c1cc(OCc2ccccc2)c(C(=O)c2c(OCc3ccccc3)cccc2OCc2ccccc2)c(OCc2ccccc2)c1)c1ccc(OCc2ccccc2)cc1. The zero-order valence-electron chi connectivity index (χ0n) is 44.4. The highest BCUT2D eigenvalue weighted by Crippen LogP contribution is 2.40. The summed E-state index contributed by atoms with van der Waals surface area (Å²) >= 11 is 0. The summed E-state index contributed by atoms with van der Waals surface area (Å²) < 4.78 is 38.9. The molecule has 80 heavy (non-hydrogen) atoms. The number of esters is 1. The van der Waals surface area contributed by atoms with Gasteiger partial charge in [-0.05, 0) is 101 Å². The lowest BCUT2D eigenvalue weighted by atomic mass is 9.97. The molecule has 1 N–H and O–H groups in total. The average molecular weight is 1060 g/mol. The molecule has 402 valence electrons. The van der Waals surface area contributed by atoms with Crippen LogP contribution in [-0.4, -0.2) is 47.8 Å². The van der Waals surface area contributed by atoms with Gasteiger partial charge in [0.25, 0.3) is 5.91 Å².